The summed E-state index contributed by atoms with van der Waals surface area (Å²) in [6.45, 7) is -0.888. The number of halogens is 4. The van der Waals surface area contributed by atoms with Crippen molar-refractivity contribution in [2.75, 3.05) is 0 Å². The second kappa shape index (κ2) is 12.7. The summed E-state index contributed by atoms with van der Waals surface area (Å²) in [5, 5.41) is 1.22. The van der Waals surface area contributed by atoms with Crippen LogP contribution in [0.15, 0.2) is 60.9 Å². The Bertz CT molecular complexity index is 1330. The first-order valence-electron chi connectivity index (χ1n) is 12.7. The van der Waals surface area contributed by atoms with Gasteiger partial charge >= 0.3 is 6.61 Å². The molecule has 0 bridgehead atoms. The fraction of sp³-hybridized carbons (Fsp3) is 0.333. The SMILES string of the molecule is CCCCCCCc1cnc(-c2ccc3c(F)c(CCc4ccc(OC(F)F)c(F)c4)ccc3c2)nc1. The molecule has 0 atom stereocenters. The van der Waals surface area contributed by atoms with Gasteiger partial charge in [-0.1, -0.05) is 62.9 Å². The second-order valence-electron chi connectivity index (χ2n) is 9.20. The van der Waals surface area contributed by atoms with Gasteiger partial charge in [-0.3, -0.25) is 0 Å². The van der Waals surface area contributed by atoms with Crippen LogP contribution >= 0.6 is 0 Å². The number of benzene rings is 3. The molecule has 1 aromatic heterocycles. The molecule has 0 fully saturated rings. The van der Waals surface area contributed by atoms with Crippen LogP contribution in [0.5, 0.6) is 5.75 Å². The normalized spacial score (nSPS) is 11.4. The smallest absolute Gasteiger partial charge is 0.387 e. The lowest BCUT2D eigenvalue weighted by molar-refractivity contribution is -0.0522. The van der Waals surface area contributed by atoms with Gasteiger partial charge in [0.05, 0.1) is 0 Å². The van der Waals surface area contributed by atoms with Crippen LogP contribution < -0.4 is 4.74 Å². The maximum Gasteiger partial charge on any atom is 0.387 e. The molecule has 3 nitrogen and oxygen atoms in total. The molecule has 3 aromatic carbocycles. The van der Waals surface area contributed by atoms with Crippen molar-refractivity contribution in [3.05, 3.63) is 89.2 Å². The first kappa shape index (κ1) is 26.6. The molecule has 0 saturated carbocycles. The Hall–Kier alpha value is -3.48. The molecular weight excluding hydrogens is 480 g/mol. The molecule has 0 radical (unpaired) electrons. The quantitative estimate of drug-likeness (QED) is 0.142. The molecular formula is C30H30F4N2O. The topological polar surface area (TPSA) is 35.0 Å². The van der Waals surface area contributed by atoms with E-state index < -0.39 is 18.2 Å². The summed E-state index contributed by atoms with van der Waals surface area (Å²) < 4.78 is 58.0. The van der Waals surface area contributed by atoms with Crippen LogP contribution in [0.4, 0.5) is 17.6 Å². The minimum absolute atomic E-state index is 0.332. The average molecular weight is 511 g/mol. The van der Waals surface area contributed by atoms with Crippen LogP contribution in [-0.2, 0) is 19.3 Å². The largest absolute Gasteiger partial charge is 0.432 e. The van der Waals surface area contributed by atoms with Gasteiger partial charge in [-0.25, -0.2) is 18.7 Å². The lowest BCUT2D eigenvalue weighted by atomic mass is 9.99. The molecule has 7 heteroatoms. The number of alkyl halides is 2. The Morgan fingerprint density at radius 1 is 0.784 bits per heavy atom. The summed E-state index contributed by atoms with van der Waals surface area (Å²) in [5.41, 5.74) is 2.99. The molecule has 1 heterocycles. The fourth-order valence-corrected chi connectivity index (χ4v) is 4.41. The van der Waals surface area contributed by atoms with Crippen LogP contribution in [0, 0.1) is 11.6 Å². The van der Waals surface area contributed by atoms with Gasteiger partial charge in [0.25, 0.3) is 0 Å². The van der Waals surface area contributed by atoms with E-state index in [4.69, 9.17) is 0 Å². The highest BCUT2D eigenvalue weighted by atomic mass is 19.3. The number of unbranched alkanes of at least 4 members (excludes halogenated alkanes) is 4. The van der Waals surface area contributed by atoms with Crippen molar-refractivity contribution >= 4 is 10.8 Å². The van der Waals surface area contributed by atoms with E-state index >= 15 is 4.39 Å². The van der Waals surface area contributed by atoms with E-state index in [1.54, 1.807) is 12.1 Å². The molecule has 0 aliphatic heterocycles. The molecule has 4 aromatic rings. The Labute approximate surface area is 214 Å². The Balaban J connectivity index is 1.42. The summed E-state index contributed by atoms with van der Waals surface area (Å²) in [5.74, 6) is -1.11. The standard InChI is InChI=1S/C30H30F4N2O/c1-2-3-4-5-6-7-21-18-35-29(36-19-21)24-13-14-25-23(17-24)12-11-22(28(25)32)10-8-20-9-15-27(26(31)16-20)37-30(33)34/h9,11-19,30H,2-8,10H2,1H3. The van der Waals surface area contributed by atoms with Gasteiger partial charge in [0.15, 0.2) is 17.4 Å². The molecule has 37 heavy (non-hydrogen) atoms. The van der Waals surface area contributed by atoms with Crippen molar-refractivity contribution in [3.8, 4) is 17.1 Å². The van der Waals surface area contributed by atoms with Gasteiger partial charge in [-0.2, -0.15) is 8.78 Å². The van der Waals surface area contributed by atoms with Crippen LogP contribution in [0.2, 0.25) is 0 Å². The minimum atomic E-state index is -3.09. The number of hydrogen-bond donors (Lipinski definition) is 0. The molecule has 0 N–H and O–H groups in total. The van der Waals surface area contributed by atoms with Gasteiger partial charge < -0.3 is 4.74 Å². The van der Waals surface area contributed by atoms with Crippen LogP contribution in [0.25, 0.3) is 22.2 Å². The summed E-state index contributed by atoms with van der Waals surface area (Å²) in [7, 11) is 0. The third-order valence-electron chi connectivity index (χ3n) is 6.46. The summed E-state index contributed by atoms with van der Waals surface area (Å²) in [4.78, 5) is 9.03. The number of aryl methyl sites for hydroxylation is 3. The molecule has 0 saturated heterocycles. The molecule has 4 rings (SSSR count). The zero-order valence-corrected chi connectivity index (χ0v) is 20.8. The Morgan fingerprint density at radius 3 is 2.30 bits per heavy atom. The molecule has 0 amide bonds. The van der Waals surface area contributed by atoms with E-state index in [9.17, 15) is 13.2 Å². The summed E-state index contributed by atoms with van der Waals surface area (Å²) in [6.07, 6.45) is 11.5. The van der Waals surface area contributed by atoms with E-state index in [0.29, 0.717) is 35.2 Å². The minimum Gasteiger partial charge on any atom is -0.432 e. The fourth-order valence-electron chi connectivity index (χ4n) is 4.41. The van der Waals surface area contributed by atoms with E-state index in [2.05, 4.69) is 21.6 Å². The number of fused-ring (bicyclic) bond motifs is 1. The number of hydrogen-bond acceptors (Lipinski definition) is 3. The number of ether oxygens (including phenoxy) is 1. The van der Waals surface area contributed by atoms with E-state index in [1.165, 1.54) is 31.7 Å². The van der Waals surface area contributed by atoms with Crippen LogP contribution in [-0.4, -0.2) is 16.6 Å². The van der Waals surface area contributed by atoms with E-state index in [0.717, 1.165) is 41.5 Å². The number of rotatable bonds is 12. The Kier molecular flexibility index (Phi) is 9.09. The lowest BCUT2D eigenvalue weighted by Crippen LogP contribution is -2.04. The van der Waals surface area contributed by atoms with Crippen molar-refractivity contribution in [2.24, 2.45) is 0 Å². The zero-order chi connectivity index (χ0) is 26.2. The van der Waals surface area contributed by atoms with Crippen LogP contribution in [0.1, 0.15) is 55.7 Å². The summed E-state index contributed by atoms with van der Waals surface area (Å²) >= 11 is 0. The van der Waals surface area contributed by atoms with Gasteiger partial charge in [0.2, 0.25) is 0 Å². The van der Waals surface area contributed by atoms with Gasteiger partial charge in [0, 0.05) is 23.3 Å². The van der Waals surface area contributed by atoms with Crippen LogP contribution in [0.3, 0.4) is 0 Å². The first-order valence-corrected chi connectivity index (χ1v) is 12.7. The maximum absolute atomic E-state index is 15.2. The second-order valence-corrected chi connectivity index (χ2v) is 9.20. The molecule has 0 aliphatic carbocycles. The average Bonchev–Trinajstić information content (AvgIpc) is 2.89. The molecule has 0 unspecified atom stereocenters. The monoisotopic (exact) mass is 510 g/mol. The van der Waals surface area contributed by atoms with Gasteiger partial charge in [0.1, 0.15) is 5.82 Å². The first-order chi connectivity index (χ1) is 17.9. The number of aromatic nitrogens is 2. The Morgan fingerprint density at radius 2 is 1.57 bits per heavy atom. The van der Waals surface area contributed by atoms with Crippen molar-refractivity contribution in [1.29, 1.82) is 0 Å². The van der Waals surface area contributed by atoms with Crippen molar-refractivity contribution < 1.29 is 22.3 Å². The lowest BCUT2D eigenvalue weighted by Gasteiger charge is -2.10. The van der Waals surface area contributed by atoms with E-state index in [1.807, 2.05) is 30.6 Å². The highest BCUT2D eigenvalue weighted by molar-refractivity contribution is 5.87. The molecule has 0 aliphatic rings. The molecule has 0 spiro atoms. The van der Waals surface area contributed by atoms with Crippen molar-refractivity contribution in [3.63, 3.8) is 0 Å². The predicted molar refractivity (Wildman–Crippen MR) is 138 cm³/mol. The highest BCUT2D eigenvalue weighted by Crippen LogP contribution is 2.27. The number of nitrogens with zero attached hydrogens (tertiary/aromatic N) is 2. The maximum atomic E-state index is 15.2. The highest BCUT2D eigenvalue weighted by Gasteiger charge is 2.13. The third kappa shape index (κ3) is 7.06. The van der Waals surface area contributed by atoms with Gasteiger partial charge in [-0.15, -0.1) is 0 Å². The zero-order valence-electron chi connectivity index (χ0n) is 20.8. The van der Waals surface area contributed by atoms with E-state index in [-0.39, 0.29) is 5.82 Å². The van der Waals surface area contributed by atoms with Gasteiger partial charge in [-0.05, 0) is 66.0 Å². The summed E-state index contributed by atoms with van der Waals surface area (Å²) in [6, 6.07) is 12.8. The van der Waals surface area contributed by atoms with Crippen molar-refractivity contribution in [2.45, 2.75) is 64.9 Å². The molecule has 194 valence electrons. The third-order valence-corrected chi connectivity index (χ3v) is 6.46. The van der Waals surface area contributed by atoms with Crippen molar-refractivity contribution in [1.82, 2.24) is 9.97 Å². The predicted octanol–water partition coefficient (Wildman–Crippen LogP) is 8.47.